The monoisotopic (exact) mass is 332 g/mol. The Labute approximate surface area is 149 Å². The number of allylic oxidation sites excluding steroid dienone is 1. The van der Waals surface area contributed by atoms with Gasteiger partial charge in [0.15, 0.2) is 0 Å². The molecule has 0 saturated carbocycles. The zero-order chi connectivity index (χ0) is 17.6. The normalized spacial score (nSPS) is 11.9. The second-order valence-electron chi connectivity index (χ2n) is 6.78. The summed E-state index contributed by atoms with van der Waals surface area (Å²) in [5, 5.41) is 8.41. The van der Waals surface area contributed by atoms with Crippen molar-refractivity contribution in [3.8, 4) is 11.5 Å². The molecule has 0 fully saturated rings. The van der Waals surface area contributed by atoms with Crippen molar-refractivity contribution >= 4 is 11.6 Å². The molecule has 3 rings (SSSR count). The zero-order valence-electron chi connectivity index (χ0n) is 15.1. The molecule has 1 heterocycles. The first-order valence-corrected chi connectivity index (χ1v) is 8.78. The van der Waals surface area contributed by atoms with Gasteiger partial charge in [0.1, 0.15) is 0 Å². The molecule has 0 aliphatic carbocycles. The van der Waals surface area contributed by atoms with Crippen LogP contribution in [0.4, 0.5) is 0 Å². The number of hydrogen-bond donors (Lipinski definition) is 0. The number of benzene rings is 2. The van der Waals surface area contributed by atoms with Gasteiger partial charge in [0.2, 0.25) is 11.8 Å². The third kappa shape index (κ3) is 4.66. The summed E-state index contributed by atoms with van der Waals surface area (Å²) in [5.41, 5.74) is 4.59. The SMILES string of the molecule is Cc1ccc(-c2nnc(/C=C(\CCC(C)C)c3ccccc3)o2)cc1. The van der Waals surface area contributed by atoms with Gasteiger partial charge in [0.05, 0.1) is 0 Å². The molecule has 25 heavy (non-hydrogen) atoms. The third-order valence-electron chi connectivity index (χ3n) is 4.17. The van der Waals surface area contributed by atoms with Gasteiger partial charge in [0.25, 0.3) is 0 Å². The Balaban J connectivity index is 1.88. The van der Waals surface area contributed by atoms with E-state index in [-0.39, 0.29) is 0 Å². The minimum Gasteiger partial charge on any atom is -0.417 e. The van der Waals surface area contributed by atoms with E-state index >= 15 is 0 Å². The fourth-order valence-corrected chi connectivity index (χ4v) is 2.65. The molecule has 0 amide bonds. The van der Waals surface area contributed by atoms with Gasteiger partial charge in [-0.1, -0.05) is 61.9 Å². The summed E-state index contributed by atoms with van der Waals surface area (Å²) in [7, 11) is 0. The second kappa shape index (κ2) is 7.93. The molecule has 0 unspecified atom stereocenters. The first-order chi connectivity index (χ1) is 12.1. The van der Waals surface area contributed by atoms with Crippen molar-refractivity contribution in [2.24, 2.45) is 5.92 Å². The molecule has 3 nitrogen and oxygen atoms in total. The summed E-state index contributed by atoms with van der Waals surface area (Å²) in [5.74, 6) is 1.76. The van der Waals surface area contributed by atoms with Gasteiger partial charge in [-0.15, -0.1) is 10.2 Å². The van der Waals surface area contributed by atoms with Gasteiger partial charge in [-0.05, 0) is 49.0 Å². The summed E-state index contributed by atoms with van der Waals surface area (Å²) in [4.78, 5) is 0. The van der Waals surface area contributed by atoms with Crippen molar-refractivity contribution in [1.29, 1.82) is 0 Å². The Bertz CT molecular complexity index is 830. The topological polar surface area (TPSA) is 38.9 Å². The molecule has 0 spiro atoms. The number of hydrogen-bond acceptors (Lipinski definition) is 3. The number of nitrogens with zero attached hydrogens (tertiary/aromatic N) is 2. The van der Waals surface area contributed by atoms with Crippen LogP contribution in [0.5, 0.6) is 0 Å². The quantitative estimate of drug-likeness (QED) is 0.554. The van der Waals surface area contributed by atoms with E-state index in [1.54, 1.807) is 0 Å². The fourth-order valence-electron chi connectivity index (χ4n) is 2.65. The van der Waals surface area contributed by atoms with Crippen LogP contribution < -0.4 is 0 Å². The van der Waals surface area contributed by atoms with Crippen molar-refractivity contribution < 1.29 is 4.42 Å². The van der Waals surface area contributed by atoms with Gasteiger partial charge < -0.3 is 4.42 Å². The van der Waals surface area contributed by atoms with E-state index in [1.165, 1.54) is 16.7 Å². The Kier molecular flexibility index (Phi) is 5.44. The van der Waals surface area contributed by atoms with Crippen LogP contribution in [0.1, 0.15) is 43.7 Å². The lowest BCUT2D eigenvalue weighted by molar-refractivity contribution is 0.557. The first kappa shape index (κ1) is 17.2. The molecule has 1 aromatic heterocycles. The summed E-state index contributed by atoms with van der Waals surface area (Å²) in [6, 6.07) is 18.5. The molecule has 3 aromatic rings. The van der Waals surface area contributed by atoms with Crippen LogP contribution in [0.3, 0.4) is 0 Å². The predicted molar refractivity (Wildman–Crippen MR) is 103 cm³/mol. The third-order valence-corrected chi connectivity index (χ3v) is 4.17. The van der Waals surface area contributed by atoms with E-state index in [9.17, 15) is 0 Å². The first-order valence-electron chi connectivity index (χ1n) is 8.78. The lowest BCUT2D eigenvalue weighted by atomic mass is 9.97. The van der Waals surface area contributed by atoms with Crippen molar-refractivity contribution in [2.75, 3.05) is 0 Å². The Morgan fingerprint density at radius 1 is 1.00 bits per heavy atom. The van der Waals surface area contributed by atoms with Crippen molar-refractivity contribution in [3.63, 3.8) is 0 Å². The summed E-state index contributed by atoms with van der Waals surface area (Å²) >= 11 is 0. The van der Waals surface area contributed by atoms with E-state index in [0.717, 1.165) is 18.4 Å². The van der Waals surface area contributed by atoms with Crippen LogP contribution in [0.2, 0.25) is 0 Å². The summed E-state index contributed by atoms with van der Waals surface area (Å²) in [6.45, 7) is 6.54. The average molecular weight is 332 g/mol. The van der Waals surface area contributed by atoms with Crippen molar-refractivity contribution in [2.45, 2.75) is 33.6 Å². The molecular formula is C22H24N2O. The van der Waals surface area contributed by atoms with Crippen LogP contribution >= 0.6 is 0 Å². The standard InChI is InChI=1S/C22H24N2O/c1-16(2)9-12-20(18-7-5-4-6-8-18)15-21-23-24-22(25-21)19-13-10-17(3)11-14-19/h4-8,10-11,13-16H,9,12H2,1-3H3/b20-15+. The van der Waals surface area contributed by atoms with Gasteiger partial charge in [-0.3, -0.25) is 0 Å². The maximum absolute atomic E-state index is 5.87. The fraction of sp³-hybridized carbons (Fsp3) is 0.273. The Hall–Kier alpha value is -2.68. The molecular weight excluding hydrogens is 308 g/mol. The van der Waals surface area contributed by atoms with Crippen LogP contribution in [0, 0.1) is 12.8 Å². The molecule has 2 aromatic carbocycles. The maximum Gasteiger partial charge on any atom is 0.248 e. The molecule has 128 valence electrons. The minimum atomic E-state index is 0.554. The van der Waals surface area contributed by atoms with Crippen LogP contribution in [-0.4, -0.2) is 10.2 Å². The van der Waals surface area contributed by atoms with E-state index < -0.39 is 0 Å². The highest BCUT2D eigenvalue weighted by Gasteiger charge is 2.09. The van der Waals surface area contributed by atoms with Gasteiger partial charge in [-0.25, -0.2) is 0 Å². The summed E-state index contributed by atoms with van der Waals surface area (Å²) in [6.07, 6.45) is 4.13. The van der Waals surface area contributed by atoms with Crippen LogP contribution in [-0.2, 0) is 0 Å². The smallest absolute Gasteiger partial charge is 0.248 e. The number of aromatic nitrogens is 2. The maximum atomic E-state index is 5.87. The zero-order valence-corrected chi connectivity index (χ0v) is 15.1. The molecule has 0 atom stereocenters. The molecule has 0 aliphatic heterocycles. The van der Waals surface area contributed by atoms with Gasteiger partial charge in [-0.2, -0.15) is 0 Å². The van der Waals surface area contributed by atoms with E-state index in [2.05, 4.69) is 55.2 Å². The minimum absolute atomic E-state index is 0.554. The van der Waals surface area contributed by atoms with E-state index in [0.29, 0.717) is 17.7 Å². The molecule has 0 radical (unpaired) electrons. The summed E-state index contributed by atoms with van der Waals surface area (Å²) < 4.78 is 5.87. The number of rotatable bonds is 6. The highest BCUT2D eigenvalue weighted by molar-refractivity contribution is 5.79. The molecule has 3 heteroatoms. The second-order valence-corrected chi connectivity index (χ2v) is 6.78. The lowest BCUT2D eigenvalue weighted by Crippen LogP contribution is -1.91. The Morgan fingerprint density at radius 3 is 2.40 bits per heavy atom. The average Bonchev–Trinajstić information content (AvgIpc) is 3.08. The Morgan fingerprint density at radius 2 is 1.72 bits per heavy atom. The molecule has 0 bridgehead atoms. The molecule has 0 aliphatic rings. The number of aryl methyl sites for hydroxylation is 1. The molecule has 0 saturated heterocycles. The lowest BCUT2D eigenvalue weighted by Gasteiger charge is -2.09. The van der Waals surface area contributed by atoms with Crippen LogP contribution in [0.15, 0.2) is 59.0 Å². The van der Waals surface area contributed by atoms with E-state index in [4.69, 9.17) is 4.42 Å². The van der Waals surface area contributed by atoms with Gasteiger partial charge >= 0.3 is 0 Å². The van der Waals surface area contributed by atoms with Gasteiger partial charge in [0, 0.05) is 11.6 Å². The highest BCUT2D eigenvalue weighted by Crippen LogP contribution is 2.26. The molecule has 0 N–H and O–H groups in total. The van der Waals surface area contributed by atoms with Crippen LogP contribution in [0.25, 0.3) is 23.1 Å². The van der Waals surface area contributed by atoms with Crippen molar-refractivity contribution in [1.82, 2.24) is 10.2 Å². The predicted octanol–water partition coefficient (Wildman–Crippen LogP) is 6.02. The highest BCUT2D eigenvalue weighted by atomic mass is 16.4. The largest absolute Gasteiger partial charge is 0.417 e. The van der Waals surface area contributed by atoms with Crippen molar-refractivity contribution in [3.05, 3.63) is 71.6 Å². The van der Waals surface area contributed by atoms with E-state index in [1.807, 2.05) is 36.4 Å².